The van der Waals surface area contributed by atoms with E-state index < -0.39 is 0 Å². The summed E-state index contributed by atoms with van der Waals surface area (Å²) in [7, 11) is 0. The Bertz CT molecular complexity index is 332. The Kier molecular flexibility index (Phi) is 2.49. The van der Waals surface area contributed by atoms with Crippen molar-refractivity contribution in [2.45, 2.75) is 40.0 Å². The first-order valence-electron chi connectivity index (χ1n) is 7.05. The molecule has 6 atom stereocenters. The molecule has 2 fully saturated rings. The van der Waals surface area contributed by atoms with E-state index in [0.717, 1.165) is 35.5 Å². The van der Waals surface area contributed by atoms with Gasteiger partial charge >= 0.3 is 0 Å². The first kappa shape index (κ1) is 10.6. The number of fused-ring (bicyclic) bond motifs is 2. The van der Waals surface area contributed by atoms with Crippen molar-refractivity contribution >= 4 is 0 Å². The molecule has 88 valence electrons. The Balaban J connectivity index is 1.76. The third-order valence-corrected chi connectivity index (χ3v) is 5.52. The molecule has 0 radical (unpaired) electrons. The van der Waals surface area contributed by atoms with Crippen molar-refractivity contribution in [3.63, 3.8) is 0 Å². The van der Waals surface area contributed by atoms with Gasteiger partial charge in [0.2, 0.25) is 0 Å². The minimum atomic E-state index is 0.834. The van der Waals surface area contributed by atoms with E-state index in [9.17, 15) is 0 Å². The Morgan fingerprint density at radius 3 is 2.38 bits per heavy atom. The van der Waals surface area contributed by atoms with Crippen LogP contribution in [0.2, 0.25) is 0 Å². The first-order chi connectivity index (χ1) is 7.70. The average molecular weight is 216 g/mol. The van der Waals surface area contributed by atoms with Crippen molar-refractivity contribution in [2.75, 3.05) is 0 Å². The predicted molar refractivity (Wildman–Crippen MR) is 69.0 cm³/mol. The fourth-order valence-electron chi connectivity index (χ4n) is 4.80. The van der Waals surface area contributed by atoms with Gasteiger partial charge in [0.1, 0.15) is 0 Å². The van der Waals surface area contributed by atoms with Crippen LogP contribution in [0.25, 0.3) is 0 Å². The van der Waals surface area contributed by atoms with E-state index in [1.807, 2.05) is 0 Å². The van der Waals surface area contributed by atoms with Gasteiger partial charge in [0, 0.05) is 0 Å². The van der Waals surface area contributed by atoms with Gasteiger partial charge in [0.25, 0.3) is 0 Å². The number of hydrogen-bond acceptors (Lipinski definition) is 0. The quantitative estimate of drug-likeness (QED) is 0.569. The zero-order chi connectivity index (χ0) is 11.3. The van der Waals surface area contributed by atoms with E-state index in [4.69, 9.17) is 0 Å². The van der Waals surface area contributed by atoms with Crippen molar-refractivity contribution < 1.29 is 0 Å². The van der Waals surface area contributed by atoms with Crippen molar-refractivity contribution in [1.82, 2.24) is 0 Å². The molecule has 0 N–H and O–H groups in total. The summed E-state index contributed by atoms with van der Waals surface area (Å²) in [6, 6.07) is 0. The molecule has 0 saturated heterocycles. The van der Waals surface area contributed by atoms with Crippen LogP contribution in [0.15, 0.2) is 23.8 Å². The van der Waals surface area contributed by atoms with Crippen LogP contribution in [0.5, 0.6) is 0 Å². The standard InChI is InChI=1S/C16H24/c1-4-14-11(3)15-8-13(14)9-16(15)12-6-5-10(2)7-12/h4-6,10-13,15-16H,7-9H2,1-3H3/b14-4-. The lowest BCUT2D eigenvalue weighted by Crippen LogP contribution is -2.25. The predicted octanol–water partition coefficient (Wildman–Crippen LogP) is 4.44. The van der Waals surface area contributed by atoms with Gasteiger partial charge < -0.3 is 0 Å². The Hall–Kier alpha value is -0.520. The van der Waals surface area contributed by atoms with E-state index in [-0.39, 0.29) is 0 Å². The van der Waals surface area contributed by atoms with Crippen LogP contribution in [0, 0.1) is 35.5 Å². The molecule has 0 aromatic heterocycles. The van der Waals surface area contributed by atoms with Crippen LogP contribution in [0.3, 0.4) is 0 Å². The van der Waals surface area contributed by atoms with Crippen LogP contribution in [0.4, 0.5) is 0 Å². The molecule has 16 heavy (non-hydrogen) atoms. The molecule has 0 aromatic carbocycles. The topological polar surface area (TPSA) is 0 Å². The second-order valence-corrected chi connectivity index (χ2v) is 6.34. The zero-order valence-electron chi connectivity index (χ0n) is 10.8. The Labute approximate surface area is 99.8 Å². The minimum absolute atomic E-state index is 0.834. The largest absolute Gasteiger partial charge is 0.0879 e. The van der Waals surface area contributed by atoms with E-state index in [1.54, 1.807) is 5.57 Å². The molecule has 0 heterocycles. The lowest BCUT2D eigenvalue weighted by atomic mass is 9.72. The molecule has 2 bridgehead atoms. The molecule has 0 aromatic rings. The second kappa shape index (κ2) is 3.75. The van der Waals surface area contributed by atoms with Gasteiger partial charge in [-0.1, -0.05) is 37.6 Å². The van der Waals surface area contributed by atoms with Crippen LogP contribution in [-0.4, -0.2) is 0 Å². The van der Waals surface area contributed by atoms with Crippen LogP contribution in [-0.2, 0) is 0 Å². The number of rotatable bonds is 1. The maximum Gasteiger partial charge on any atom is -0.0195 e. The fourth-order valence-corrected chi connectivity index (χ4v) is 4.80. The molecule has 2 saturated carbocycles. The normalized spacial score (nSPS) is 53.1. The summed E-state index contributed by atoms with van der Waals surface area (Å²) in [5.74, 6) is 5.56. The SMILES string of the molecule is C/C=C1\C2CC(C3C=CC(C)C3)C(C2)C1C. The van der Waals surface area contributed by atoms with Crippen molar-refractivity contribution in [1.29, 1.82) is 0 Å². The fraction of sp³-hybridized carbons (Fsp3) is 0.750. The summed E-state index contributed by atoms with van der Waals surface area (Å²) in [6.07, 6.45) is 11.8. The number of allylic oxidation sites excluding steroid dienone is 4. The molecule has 3 rings (SSSR count). The highest BCUT2D eigenvalue weighted by Gasteiger charge is 2.49. The minimum Gasteiger partial charge on any atom is -0.0879 e. The molecule has 0 aliphatic heterocycles. The monoisotopic (exact) mass is 216 g/mol. The highest BCUT2D eigenvalue weighted by atomic mass is 14.5. The Morgan fingerprint density at radius 2 is 1.81 bits per heavy atom. The second-order valence-electron chi connectivity index (χ2n) is 6.34. The van der Waals surface area contributed by atoms with Gasteiger partial charge in [0.15, 0.2) is 0 Å². The zero-order valence-corrected chi connectivity index (χ0v) is 10.8. The lowest BCUT2D eigenvalue weighted by Gasteiger charge is -2.33. The van der Waals surface area contributed by atoms with Gasteiger partial charge in [-0.15, -0.1) is 0 Å². The summed E-state index contributed by atoms with van der Waals surface area (Å²) >= 11 is 0. The van der Waals surface area contributed by atoms with Crippen LogP contribution < -0.4 is 0 Å². The lowest BCUT2D eigenvalue weighted by molar-refractivity contribution is 0.231. The summed E-state index contributed by atoms with van der Waals surface area (Å²) in [5.41, 5.74) is 1.77. The highest BCUT2D eigenvalue weighted by Crippen LogP contribution is 2.58. The summed E-state index contributed by atoms with van der Waals surface area (Å²) in [4.78, 5) is 0. The van der Waals surface area contributed by atoms with E-state index in [2.05, 4.69) is 39.0 Å². The molecular formula is C16H24. The maximum atomic E-state index is 2.53. The smallest absolute Gasteiger partial charge is 0.0195 e. The van der Waals surface area contributed by atoms with Gasteiger partial charge in [0.05, 0.1) is 0 Å². The van der Waals surface area contributed by atoms with Crippen molar-refractivity contribution in [3.8, 4) is 0 Å². The van der Waals surface area contributed by atoms with Crippen molar-refractivity contribution in [2.24, 2.45) is 35.5 Å². The average Bonchev–Trinajstić information content (AvgIpc) is 2.91. The maximum absolute atomic E-state index is 2.53. The molecule has 6 unspecified atom stereocenters. The van der Waals surface area contributed by atoms with E-state index in [0.29, 0.717) is 0 Å². The Morgan fingerprint density at radius 1 is 1.06 bits per heavy atom. The summed E-state index contributed by atoms with van der Waals surface area (Å²) in [5, 5.41) is 0. The van der Waals surface area contributed by atoms with Crippen LogP contribution in [0.1, 0.15) is 40.0 Å². The molecule has 0 heteroatoms. The highest BCUT2D eigenvalue weighted by molar-refractivity contribution is 5.23. The molecular weight excluding hydrogens is 192 g/mol. The summed E-state index contributed by atoms with van der Waals surface area (Å²) in [6.45, 7) is 7.07. The van der Waals surface area contributed by atoms with Gasteiger partial charge in [-0.05, 0) is 61.7 Å². The van der Waals surface area contributed by atoms with E-state index >= 15 is 0 Å². The van der Waals surface area contributed by atoms with Crippen molar-refractivity contribution in [3.05, 3.63) is 23.8 Å². The van der Waals surface area contributed by atoms with E-state index in [1.165, 1.54) is 19.3 Å². The molecule has 3 aliphatic carbocycles. The third kappa shape index (κ3) is 1.42. The summed E-state index contributed by atoms with van der Waals surface area (Å²) < 4.78 is 0. The van der Waals surface area contributed by atoms with Gasteiger partial charge in [-0.3, -0.25) is 0 Å². The van der Waals surface area contributed by atoms with Crippen LogP contribution >= 0.6 is 0 Å². The number of hydrogen-bond donors (Lipinski definition) is 0. The van der Waals surface area contributed by atoms with Gasteiger partial charge in [-0.25, -0.2) is 0 Å². The first-order valence-corrected chi connectivity index (χ1v) is 7.05. The molecule has 0 spiro atoms. The molecule has 0 nitrogen and oxygen atoms in total. The third-order valence-electron chi connectivity index (χ3n) is 5.52. The molecule has 3 aliphatic rings. The molecule has 0 amide bonds. The van der Waals surface area contributed by atoms with Gasteiger partial charge in [-0.2, -0.15) is 0 Å².